The lowest BCUT2D eigenvalue weighted by Crippen LogP contribution is -1.95. The first-order valence-corrected chi connectivity index (χ1v) is 5.44. The molecule has 1 aromatic carbocycles. The number of aryl methyl sites for hydroxylation is 1. The lowest BCUT2D eigenvalue weighted by molar-refractivity contribution is 0.286. The van der Waals surface area contributed by atoms with Crippen molar-refractivity contribution in [3.05, 3.63) is 46.0 Å². The maximum atomic E-state index is 13.1. The van der Waals surface area contributed by atoms with Gasteiger partial charge in [0.05, 0.1) is 4.47 Å². The van der Waals surface area contributed by atoms with Crippen LogP contribution in [0.2, 0.25) is 0 Å². The molecule has 16 heavy (non-hydrogen) atoms. The third-order valence-corrected chi connectivity index (χ3v) is 2.60. The summed E-state index contributed by atoms with van der Waals surface area (Å²) in [6, 6.07) is 6.37. The van der Waals surface area contributed by atoms with Gasteiger partial charge in [-0.1, -0.05) is 5.16 Å². The predicted octanol–water partition coefficient (Wildman–Crippen LogP) is 3.46. The van der Waals surface area contributed by atoms with Crippen LogP contribution >= 0.6 is 15.9 Å². The van der Waals surface area contributed by atoms with Crippen molar-refractivity contribution in [3.63, 3.8) is 0 Å². The SMILES string of the molecule is Cc1cc(COc2ccc(Br)c(F)c2)no1. The van der Waals surface area contributed by atoms with Crippen LogP contribution in [0.5, 0.6) is 5.75 Å². The molecule has 5 heteroatoms. The molecular formula is C11H9BrFNO2. The van der Waals surface area contributed by atoms with Gasteiger partial charge in [0.15, 0.2) is 0 Å². The monoisotopic (exact) mass is 285 g/mol. The van der Waals surface area contributed by atoms with E-state index in [9.17, 15) is 4.39 Å². The molecule has 2 aromatic rings. The Balaban J connectivity index is 2.02. The topological polar surface area (TPSA) is 35.3 Å². The van der Waals surface area contributed by atoms with Crippen molar-refractivity contribution < 1.29 is 13.7 Å². The quantitative estimate of drug-likeness (QED) is 0.866. The molecule has 0 aliphatic heterocycles. The molecule has 0 fully saturated rings. The molecule has 0 N–H and O–H groups in total. The molecule has 0 saturated carbocycles. The predicted molar refractivity (Wildman–Crippen MR) is 59.7 cm³/mol. The summed E-state index contributed by atoms with van der Waals surface area (Å²) in [4.78, 5) is 0. The minimum atomic E-state index is -0.353. The molecule has 0 radical (unpaired) electrons. The first-order chi connectivity index (χ1) is 7.65. The molecule has 84 valence electrons. The van der Waals surface area contributed by atoms with E-state index < -0.39 is 0 Å². The molecule has 1 heterocycles. The Morgan fingerprint density at radius 2 is 2.25 bits per heavy atom. The van der Waals surface area contributed by atoms with Crippen molar-refractivity contribution >= 4 is 15.9 Å². The summed E-state index contributed by atoms with van der Waals surface area (Å²) in [6.45, 7) is 2.06. The fourth-order valence-electron chi connectivity index (χ4n) is 1.21. The van der Waals surface area contributed by atoms with Gasteiger partial charge in [0, 0.05) is 12.1 Å². The Hall–Kier alpha value is -1.36. The van der Waals surface area contributed by atoms with E-state index in [1.165, 1.54) is 6.07 Å². The minimum Gasteiger partial charge on any atom is -0.487 e. The van der Waals surface area contributed by atoms with Gasteiger partial charge in [-0.15, -0.1) is 0 Å². The van der Waals surface area contributed by atoms with Crippen LogP contribution in [0, 0.1) is 12.7 Å². The molecule has 3 nitrogen and oxygen atoms in total. The average molecular weight is 286 g/mol. The van der Waals surface area contributed by atoms with E-state index in [1.54, 1.807) is 25.1 Å². The second-order valence-electron chi connectivity index (χ2n) is 3.29. The van der Waals surface area contributed by atoms with Crippen LogP contribution in [0.3, 0.4) is 0 Å². The Morgan fingerprint density at radius 3 is 2.88 bits per heavy atom. The van der Waals surface area contributed by atoms with Gasteiger partial charge in [-0.25, -0.2) is 4.39 Å². The highest BCUT2D eigenvalue weighted by molar-refractivity contribution is 9.10. The molecular weight excluding hydrogens is 277 g/mol. The van der Waals surface area contributed by atoms with Crippen molar-refractivity contribution in [2.24, 2.45) is 0 Å². The number of hydrogen-bond donors (Lipinski definition) is 0. The van der Waals surface area contributed by atoms with Crippen LogP contribution in [0.1, 0.15) is 11.5 Å². The van der Waals surface area contributed by atoms with Crippen molar-refractivity contribution in [1.29, 1.82) is 0 Å². The second kappa shape index (κ2) is 4.65. The van der Waals surface area contributed by atoms with Crippen molar-refractivity contribution in [3.8, 4) is 5.75 Å². The van der Waals surface area contributed by atoms with Crippen LogP contribution in [0.25, 0.3) is 0 Å². The van der Waals surface area contributed by atoms with E-state index in [2.05, 4.69) is 21.1 Å². The zero-order valence-electron chi connectivity index (χ0n) is 8.54. The first kappa shape index (κ1) is 11.1. The Labute approximate surface area is 100 Å². The van der Waals surface area contributed by atoms with Crippen LogP contribution in [-0.4, -0.2) is 5.16 Å². The summed E-state index contributed by atoms with van der Waals surface area (Å²) >= 11 is 3.07. The van der Waals surface area contributed by atoms with Crippen LogP contribution in [0.15, 0.2) is 33.3 Å². The van der Waals surface area contributed by atoms with Crippen LogP contribution in [-0.2, 0) is 6.61 Å². The van der Waals surface area contributed by atoms with E-state index in [4.69, 9.17) is 9.26 Å². The number of benzene rings is 1. The third kappa shape index (κ3) is 2.61. The Bertz CT molecular complexity index is 498. The van der Waals surface area contributed by atoms with Gasteiger partial charge in [0.2, 0.25) is 0 Å². The molecule has 0 saturated heterocycles. The van der Waals surface area contributed by atoms with Crippen molar-refractivity contribution in [1.82, 2.24) is 5.16 Å². The number of nitrogens with zero attached hydrogens (tertiary/aromatic N) is 1. The van der Waals surface area contributed by atoms with Crippen LogP contribution < -0.4 is 4.74 Å². The van der Waals surface area contributed by atoms with E-state index in [-0.39, 0.29) is 12.4 Å². The maximum absolute atomic E-state index is 13.1. The largest absolute Gasteiger partial charge is 0.487 e. The number of aromatic nitrogens is 1. The molecule has 1 aromatic heterocycles. The first-order valence-electron chi connectivity index (χ1n) is 4.65. The fourth-order valence-corrected chi connectivity index (χ4v) is 1.46. The molecule has 0 atom stereocenters. The smallest absolute Gasteiger partial charge is 0.141 e. The van der Waals surface area contributed by atoms with Gasteiger partial charge in [0.1, 0.15) is 29.6 Å². The summed E-state index contributed by atoms with van der Waals surface area (Å²) in [6.07, 6.45) is 0. The van der Waals surface area contributed by atoms with Gasteiger partial charge in [-0.3, -0.25) is 0 Å². The van der Waals surface area contributed by atoms with Gasteiger partial charge in [-0.05, 0) is 35.0 Å². The summed E-state index contributed by atoms with van der Waals surface area (Å²) in [5, 5.41) is 3.77. The van der Waals surface area contributed by atoms with Crippen LogP contribution in [0.4, 0.5) is 4.39 Å². The maximum Gasteiger partial charge on any atom is 0.141 e. The van der Waals surface area contributed by atoms with Crippen molar-refractivity contribution in [2.75, 3.05) is 0 Å². The second-order valence-corrected chi connectivity index (χ2v) is 4.15. The van der Waals surface area contributed by atoms with E-state index >= 15 is 0 Å². The van der Waals surface area contributed by atoms with E-state index in [1.807, 2.05) is 0 Å². The zero-order chi connectivity index (χ0) is 11.5. The third-order valence-electron chi connectivity index (χ3n) is 1.95. The van der Waals surface area contributed by atoms with Gasteiger partial charge in [-0.2, -0.15) is 0 Å². The molecule has 0 aliphatic rings. The van der Waals surface area contributed by atoms with E-state index in [0.717, 1.165) is 5.76 Å². The highest BCUT2D eigenvalue weighted by atomic mass is 79.9. The van der Waals surface area contributed by atoms with Gasteiger partial charge in [0.25, 0.3) is 0 Å². The molecule has 0 spiro atoms. The summed E-state index contributed by atoms with van der Waals surface area (Å²) in [5.74, 6) is 0.829. The Morgan fingerprint density at radius 1 is 1.44 bits per heavy atom. The summed E-state index contributed by atoms with van der Waals surface area (Å²) in [5.41, 5.74) is 0.681. The van der Waals surface area contributed by atoms with Gasteiger partial charge < -0.3 is 9.26 Å². The van der Waals surface area contributed by atoms with Gasteiger partial charge >= 0.3 is 0 Å². The number of rotatable bonds is 3. The normalized spacial score (nSPS) is 10.4. The molecule has 0 unspecified atom stereocenters. The average Bonchev–Trinajstić information content (AvgIpc) is 2.66. The lowest BCUT2D eigenvalue weighted by Gasteiger charge is -2.04. The summed E-state index contributed by atoms with van der Waals surface area (Å²) < 4.78 is 23.8. The molecule has 0 bridgehead atoms. The van der Waals surface area contributed by atoms with E-state index in [0.29, 0.717) is 15.9 Å². The number of ether oxygens (including phenoxy) is 1. The molecule has 0 amide bonds. The molecule has 2 rings (SSSR count). The summed E-state index contributed by atoms with van der Waals surface area (Å²) in [7, 11) is 0. The standard InChI is InChI=1S/C11H9BrFNO2/c1-7-4-8(14-16-7)6-15-9-2-3-10(12)11(13)5-9/h2-5H,6H2,1H3. The highest BCUT2D eigenvalue weighted by Gasteiger charge is 2.04. The number of halogens is 2. The fraction of sp³-hybridized carbons (Fsp3) is 0.182. The Kier molecular flexibility index (Phi) is 3.24. The lowest BCUT2D eigenvalue weighted by atomic mass is 10.3. The molecule has 0 aliphatic carbocycles. The highest BCUT2D eigenvalue weighted by Crippen LogP contribution is 2.21. The minimum absolute atomic E-state index is 0.262. The number of hydrogen-bond acceptors (Lipinski definition) is 3. The van der Waals surface area contributed by atoms with Crippen molar-refractivity contribution in [2.45, 2.75) is 13.5 Å². The zero-order valence-corrected chi connectivity index (χ0v) is 10.1.